The van der Waals surface area contributed by atoms with Gasteiger partial charge in [-0.2, -0.15) is 0 Å². The molecule has 1 aliphatic heterocycles. The van der Waals surface area contributed by atoms with E-state index in [4.69, 9.17) is 4.74 Å². The number of aliphatic hydroxyl groups is 1. The van der Waals surface area contributed by atoms with E-state index in [0.29, 0.717) is 6.10 Å². The Kier molecular flexibility index (Phi) is 3.98. The first kappa shape index (κ1) is 9.96. The number of likely N-dealkylation sites (tertiary alicyclic amines) is 1. The van der Waals surface area contributed by atoms with Crippen LogP contribution in [0.15, 0.2) is 0 Å². The van der Waals surface area contributed by atoms with Gasteiger partial charge in [0.15, 0.2) is 0 Å². The molecule has 1 N–H and O–H groups in total. The van der Waals surface area contributed by atoms with Gasteiger partial charge in [-0.1, -0.05) is 0 Å². The number of ether oxygens (including phenoxy) is 1. The maximum absolute atomic E-state index is 9.23. The molecule has 1 unspecified atom stereocenters. The minimum Gasteiger partial charge on any atom is -0.392 e. The topological polar surface area (TPSA) is 32.7 Å². The van der Waals surface area contributed by atoms with Gasteiger partial charge in [-0.3, -0.25) is 4.90 Å². The Hall–Kier alpha value is -0.120. The predicted molar refractivity (Wildman–Crippen MR) is 48.2 cm³/mol. The van der Waals surface area contributed by atoms with Gasteiger partial charge in [0.25, 0.3) is 0 Å². The molecule has 1 rings (SSSR count). The van der Waals surface area contributed by atoms with Crippen LogP contribution in [-0.2, 0) is 4.74 Å². The van der Waals surface area contributed by atoms with E-state index < -0.39 is 0 Å². The lowest BCUT2D eigenvalue weighted by Crippen LogP contribution is -2.27. The molecule has 0 aliphatic carbocycles. The van der Waals surface area contributed by atoms with E-state index >= 15 is 0 Å². The van der Waals surface area contributed by atoms with Crippen LogP contribution >= 0.6 is 0 Å². The summed E-state index contributed by atoms with van der Waals surface area (Å²) < 4.78 is 5.42. The lowest BCUT2D eigenvalue weighted by Gasteiger charge is -2.15. The summed E-state index contributed by atoms with van der Waals surface area (Å²) in [6.45, 7) is 7.65. The van der Waals surface area contributed by atoms with E-state index in [-0.39, 0.29) is 6.10 Å². The van der Waals surface area contributed by atoms with Crippen molar-refractivity contribution in [3.63, 3.8) is 0 Å². The number of hydrogen-bond acceptors (Lipinski definition) is 3. The van der Waals surface area contributed by atoms with Crippen molar-refractivity contribution in [1.82, 2.24) is 4.90 Å². The van der Waals surface area contributed by atoms with Crippen molar-refractivity contribution in [2.75, 3.05) is 26.2 Å². The first-order valence-electron chi connectivity index (χ1n) is 4.70. The maximum atomic E-state index is 9.23. The van der Waals surface area contributed by atoms with Crippen molar-refractivity contribution in [2.24, 2.45) is 0 Å². The second kappa shape index (κ2) is 4.80. The third-order valence-corrected chi connectivity index (χ3v) is 2.11. The lowest BCUT2D eigenvalue weighted by molar-refractivity contribution is 0.0608. The summed E-state index contributed by atoms with van der Waals surface area (Å²) in [7, 11) is 0. The highest BCUT2D eigenvalue weighted by atomic mass is 16.5. The SMILES string of the molecule is CC(C)OCCN1CCC(O)C1. The molecule has 0 aromatic carbocycles. The van der Waals surface area contributed by atoms with Crippen LogP contribution in [0.5, 0.6) is 0 Å². The third-order valence-electron chi connectivity index (χ3n) is 2.11. The van der Waals surface area contributed by atoms with Gasteiger partial charge >= 0.3 is 0 Å². The molecule has 72 valence electrons. The van der Waals surface area contributed by atoms with Crippen molar-refractivity contribution in [3.8, 4) is 0 Å². The molecule has 1 aliphatic rings. The second-order valence-corrected chi connectivity index (χ2v) is 3.66. The average molecular weight is 173 g/mol. The van der Waals surface area contributed by atoms with Gasteiger partial charge in [-0.05, 0) is 20.3 Å². The van der Waals surface area contributed by atoms with E-state index in [1.807, 2.05) is 13.8 Å². The molecule has 1 heterocycles. The van der Waals surface area contributed by atoms with E-state index in [1.54, 1.807) is 0 Å². The van der Waals surface area contributed by atoms with Gasteiger partial charge in [0.05, 0.1) is 18.8 Å². The molecule has 0 spiro atoms. The number of β-amino-alcohol motifs (C(OH)–C–C–N with tert-alkyl or cyclic N) is 1. The summed E-state index contributed by atoms with van der Waals surface area (Å²) in [4.78, 5) is 2.24. The molecule has 1 fully saturated rings. The van der Waals surface area contributed by atoms with E-state index in [2.05, 4.69) is 4.90 Å². The van der Waals surface area contributed by atoms with Crippen LogP contribution in [0.3, 0.4) is 0 Å². The summed E-state index contributed by atoms with van der Waals surface area (Å²) in [6, 6.07) is 0. The van der Waals surface area contributed by atoms with Gasteiger partial charge < -0.3 is 9.84 Å². The van der Waals surface area contributed by atoms with Crippen molar-refractivity contribution in [1.29, 1.82) is 0 Å². The van der Waals surface area contributed by atoms with Crippen LogP contribution in [-0.4, -0.2) is 48.5 Å². The molecule has 3 heteroatoms. The quantitative estimate of drug-likeness (QED) is 0.671. The van der Waals surface area contributed by atoms with Crippen molar-refractivity contribution in [2.45, 2.75) is 32.5 Å². The van der Waals surface area contributed by atoms with Crippen molar-refractivity contribution < 1.29 is 9.84 Å². The Morgan fingerprint density at radius 1 is 1.58 bits per heavy atom. The number of aliphatic hydroxyl groups excluding tert-OH is 1. The summed E-state index contributed by atoms with van der Waals surface area (Å²) >= 11 is 0. The average Bonchev–Trinajstić information content (AvgIpc) is 2.35. The van der Waals surface area contributed by atoms with Gasteiger partial charge in [0, 0.05) is 19.6 Å². The smallest absolute Gasteiger partial charge is 0.0679 e. The highest BCUT2D eigenvalue weighted by molar-refractivity contribution is 4.73. The number of rotatable bonds is 4. The van der Waals surface area contributed by atoms with Crippen molar-refractivity contribution in [3.05, 3.63) is 0 Å². The van der Waals surface area contributed by atoms with E-state index in [9.17, 15) is 5.11 Å². The fourth-order valence-electron chi connectivity index (χ4n) is 1.43. The van der Waals surface area contributed by atoms with E-state index in [1.165, 1.54) is 0 Å². The molecule has 0 aromatic heterocycles. The molecule has 1 atom stereocenters. The zero-order valence-corrected chi connectivity index (χ0v) is 7.99. The minimum absolute atomic E-state index is 0.107. The first-order valence-corrected chi connectivity index (χ1v) is 4.70. The third kappa shape index (κ3) is 3.52. The van der Waals surface area contributed by atoms with E-state index in [0.717, 1.165) is 32.7 Å². The van der Waals surface area contributed by atoms with Crippen LogP contribution < -0.4 is 0 Å². The Balaban J connectivity index is 2.00. The fraction of sp³-hybridized carbons (Fsp3) is 1.00. The normalized spacial score (nSPS) is 25.5. The number of nitrogens with zero attached hydrogens (tertiary/aromatic N) is 1. The van der Waals surface area contributed by atoms with Crippen LogP contribution in [0.4, 0.5) is 0 Å². The largest absolute Gasteiger partial charge is 0.392 e. The second-order valence-electron chi connectivity index (χ2n) is 3.66. The first-order chi connectivity index (χ1) is 5.68. The highest BCUT2D eigenvalue weighted by Gasteiger charge is 2.19. The highest BCUT2D eigenvalue weighted by Crippen LogP contribution is 2.07. The molecule has 0 saturated carbocycles. The molecule has 1 saturated heterocycles. The standard InChI is InChI=1S/C9H19NO2/c1-8(2)12-6-5-10-4-3-9(11)7-10/h8-9,11H,3-7H2,1-2H3. The Morgan fingerprint density at radius 2 is 2.33 bits per heavy atom. The molecule has 0 radical (unpaired) electrons. The summed E-state index contributed by atoms with van der Waals surface area (Å²) in [5.74, 6) is 0. The van der Waals surface area contributed by atoms with Crippen LogP contribution in [0.25, 0.3) is 0 Å². The van der Waals surface area contributed by atoms with Gasteiger partial charge in [0.2, 0.25) is 0 Å². The molecule has 0 aromatic rings. The molecule has 0 bridgehead atoms. The number of hydrogen-bond donors (Lipinski definition) is 1. The molecule has 3 nitrogen and oxygen atoms in total. The van der Waals surface area contributed by atoms with Crippen molar-refractivity contribution >= 4 is 0 Å². The van der Waals surface area contributed by atoms with Crippen LogP contribution in [0, 0.1) is 0 Å². The van der Waals surface area contributed by atoms with Gasteiger partial charge in [0.1, 0.15) is 0 Å². The maximum Gasteiger partial charge on any atom is 0.0679 e. The zero-order chi connectivity index (χ0) is 8.97. The Bertz CT molecular complexity index is 128. The molecular weight excluding hydrogens is 154 g/mol. The summed E-state index contributed by atoms with van der Waals surface area (Å²) in [5, 5.41) is 9.23. The van der Waals surface area contributed by atoms with Gasteiger partial charge in [-0.15, -0.1) is 0 Å². The van der Waals surface area contributed by atoms with Crippen LogP contribution in [0.1, 0.15) is 20.3 Å². The molecular formula is C9H19NO2. The zero-order valence-electron chi connectivity index (χ0n) is 7.99. The van der Waals surface area contributed by atoms with Crippen LogP contribution in [0.2, 0.25) is 0 Å². The summed E-state index contributed by atoms with van der Waals surface area (Å²) in [5.41, 5.74) is 0. The monoisotopic (exact) mass is 173 g/mol. The lowest BCUT2D eigenvalue weighted by atomic mass is 10.3. The van der Waals surface area contributed by atoms with Gasteiger partial charge in [-0.25, -0.2) is 0 Å². The fourth-order valence-corrected chi connectivity index (χ4v) is 1.43. The molecule has 0 amide bonds. The Labute approximate surface area is 74.3 Å². The predicted octanol–water partition coefficient (Wildman–Crippen LogP) is 0.478. The minimum atomic E-state index is -0.107. The summed E-state index contributed by atoms with van der Waals surface area (Å²) in [6.07, 6.45) is 1.13. The molecule has 12 heavy (non-hydrogen) atoms. The Morgan fingerprint density at radius 3 is 2.83 bits per heavy atom.